The van der Waals surface area contributed by atoms with E-state index in [4.69, 9.17) is 5.11 Å². The lowest BCUT2D eigenvalue weighted by molar-refractivity contribution is -0.145. The van der Waals surface area contributed by atoms with Gasteiger partial charge in [0.15, 0.2) is 0 Å². The van der Waals surface area contributed by atoms with Gasteiger partial charge in [-0.2, -0.15) is 0 Å². The zero-order valence-corrected chi connectivity index (χ0v) is 10.4. The van der Waals surface area contributed by atoms with E-state index in [1.165, 1.54) is 19.3 Å². The first-order valence-electron chi connectivity index (χ1n) is 6.07. The quantitative estimate of drug-likeness (QED) is 0.760. The molecule has 0 aliphatic heterocycles. The second-order valence-electron chi connectivity index (χ2n) is 6.05. The monoisotopic (exact) mass is 212 g/mol. The van der Waals surface area contributed by atoms with Gasteiger partial charge in [0, 0.05) is 0 Å². The third-order valence-electron chi connectivity index (χ3n) is 3.96. The summed E-state index contributed by atoms with van der Waals surface area (Å²) in [5, 5.41) is 9.12. The van der Waals surface area contributed by atoms with E-state index in [-0.39, 0.29) is 11.3 Å². The summed E-state index contributed by atoms with van der Waals surface area (Å²) in [7, 11) is 0. The first kappa shape index (κ1) is 12.5. The minimum Gasteiger partial charge on any atom is -0.481 e. The molecule has 1 rings (SSSR count). The lowest BCUT2D eigenvalue weighted by Crippen LogP contribution is -2.37. The van der Waals surface area contributed by atoms with Crippen LogP contribution in [0.25, 0.3) is 0 Å². The van der Waals surface area contributed by atoms with Crippen LogP contribution in [0.1, 0.15) is 53.4 Å². The maximum absolute atomic E-state index is 11.1. The van der Waals surface area contributed by atoms with Crippen molar-refractivity contribution >= 4 is 5.97 Å². The average Bonchev–Trinajstić information content (AvgIpc) is 2.15. The second kappa shape index (κ2) is 4.54. The van der Waals surface area contributed by atoms with Gasteiger partial charge in [-0.15, -0.1) is 0 Å². The molecule has 0 heterocycles. The van der Waals surface area contributed by atoms with Crippen LogP contribution >= 0.6 is 0 Å². The van der Waals surface area contributed by atoms with Gasteiger partial charge in [0.2, 0.25) is 0 Å². The molecule has 0 spiro atoms. The highest BCUT2D eigenvalue weighted by Crippen LogP contribution is 2.44. The van der Waals surface area contributed by atoms with Crippen molar-refractivity contribution in [3.63, 3.8) is 0 Å². The maximum Gasteiger partial charge on any atom is 0.306 e. The van der Waals surface area contributed by atoms with Crippen molar-refractivity contribution in [2.45, 2.75) is 53.4 Å². The summed E-state index contributed by atoms with van der Waals surface area (Å²) in [6, 6.07) is 0. The molecule has 1 fully saturated rings. The number of carboxylic acids is 1. The molecule has 1 aliphatic carbocycles. The fourth-order valence-electron chi connectivity index (χ4n) is 3.02. The van der Waals surface area contributed by atoms with Crippen LogP contribution in [0.4, 0.5) is 0 Å². The molecule has 0 saturated heterocycles. The van der Waals surface area contributed by atoms with Crippen molar-refractivity contribution in [2.75, 3.05) is 0 Å². The molecule has 1 saturated carbocycles. The van der Waals surface area contributed by atoms with Crippen LogP contribution in [0.2, 0.25) is 0 Å². The summed E-state index contributed by atoms with van der Waals surface area (Å²) < 4.78 is 0. The summed E-state index contributed by atoms with van der Waals surface area (Å²) in [5.41, 5.74) is 0.245. The Morgan fingerprint density at radius 3 is 2.27 bits per heavy atom. The Labute approximate surface area is 93.1 Å². The van der Waals surface area contributed by atoms with E-state index in [1.54, 1.807) is 0 Å². The summed E-state index contributed by atoms with van der Waals surface area (Å²) in [6.07, 6.45) is 4.76. The van der Waals surface area contributed by atoms with Crippen molar-refractivity contribution in [2.24, 2.45) is 23.2 Å². The minimum atomic E-state index is -0.629. The predicted octanol–water partition coefficient (Wildman–Crippen LogP) is 3.56. The largest absolute Gasteiger partial charge is 0.481 e. The molecular formula is C13H24O2. The van der Waals surface area contributed by atoms with Crippen LogP contribution in [0.5, 0.6) is 0 Å². The van der Waals surface area contributed by atoms with E-state index >= 15 is 0 Å². The van der Waals surface area contributed by atoms with Gasteiger partial charge in [-0.25, -0.2) is 0 Å². The molecule has 3 unspecified atom stereocenters. The fourth-order valence-corrected chi connectivity index (χ4v) is 3.02. The Morgan fingerprint density at radius 1 is 1.27 bits per heavy atom. The predicted molar refractivity (Wildman–Crippen MR) is 61.7 cm³/mol. The van der Waals surface area contributed by atoms with Crippen molar-refractivity contribution in [1.82, 2.24) is 0 Å². The third-order valence-corrected chi connectivity index (χ3v) is 3.96. The molecular weight excluding hydrogens is 188 g/mol. The van der Waals surface area contributed by atoms with Crippen LogP contribution in [0.15, 0.2) is 0 Å². The zero-order chi connectivity index (χ0) is 11.6. The number of hydrogen-bond donors (Lipinski definition) is 1. The van der Waals surface area contributed by atoms with Crippen molar-refractivity contribution in [3.05, 3.63) is 0 Å². The Morgan fingerprint density at radius 2 is 1.80 bits per heavy atom. The number of carbonyl (C=O) groups is 1. The van der Waals surface area contributed by atoms with Crippen molar-refractivity contribution in [3.8, 4) is 0 Å². The standard InChI is InChI=1S/C13H24O2/c1-9(12(14)15)10-7-5-6-8-11(10)13(2,3)4/h9-11H,5-8H2,1-4H3,(H,14,15). The highest BCUT2D eigenvalue weighted by Gasteiger charge is 2.38. The Balaban J connectivity index is 2.78. The van der Waals surface area contributed by atoms with Gasteiger partial charge in [-0.05, 0) is 30.1 Å². The Hall–Kier alpha value is -0.530. The first-order valence-corrected chi connectivity index (χ1v) is 6.07. The molecule has 0 aromatic rings. The molecule has 3 atom stereocenters. The van der Waals surface area contributed by atoms with E-state index in [0.29, 0.717) is 11.8 Å². The van der Waals surface area contributed by atoms with Gasteiger partial charge in [0.1, 0.15) is 0 Å². The van der Waals surface area contributed by atoms with E-state index in [2.05, 4.69) is 20.8 Å². The van der Waals surface area contributed by atoms with Crippen LogP contribution in [-0.2, 0) is 4.79 Å². The lowest BCUT2D eigenvalue weighted by Gasteiger charge is -2.42. The van der Waals surface area contributed by atoms with Gasteiger partial charge < -0.3 is 5.11 Å². The molecule has 0 bridgehead atoms. The molecule has 0 aromatic heterocycles. The zero-order valence-electron chi connectivity index (χ0n) is 10.4. The van der Waals surface area contributed by atoms with Crippen molar-refractivity contribution in [1.29, 1.82) is 0 Å². The number of aliphatic carboxylic acids is 1. The van der Waals surface area contributed by atoms with Crippen molar-refractivity contribution < 1.29 is 9.90 Å². The topological polar surface area (TPSA) is 37.3 Å². The van der Waals surface area contributed by atoms with Gasteiger partial charge in [-0.1, -0.05) is 40.5 Å². The Kier molecular flexibility index (Phi) is 3.80. The van der Waals surface area contributed by atoms with E-state index < -0.39 is 5.97 Å². The molecule has 88 valence electrons. The molecule has 2 heteroatoms. The third kappa shape index (κ3) is 2.96. The van der Waals surface area contributed by atoms with Crippen LogP contribution < -0.4 is 0 Å². The van der Waals surface area contributed by atoms with Crippen LogP contribution in [-0.4, -0.2) is 11.1 Å². The molecule has 0 radical (unpaired) electrons. The van der Waals surface area contributed by atoms with Gasteiger partial charge in [0.05, 0.1) is 5.92 Å². The molecule has 2 nitrogen and oxygen atoms in total. The van der Waals surface area contributed by atoms with E-state index in [0.717, 1.165) is 6.42 Å². The lowest BCUT2D eigenvalue weighted by atomic mass is 9.63. The highest BCUT2D eigenvalue weighted by atomic mass is 16.4. The molecule has 1 aliphatic rings. The first-order chi connectivity index (χ1) is 6.84. The average molecular weight is 212 g/mol. The summed E-state index contributed by atoms with van der Waals surface area (Å²) in [4.78, 5) is 11.1. The summed E-state index contributed by atoms with van der Waals surface area (Å²) in [5.74, 6) is 0.124. The Bertz CT molecular complexity index is 227. The smallest absolute Gasteiger partial charge is 0.306 e. The maximum atomic E-state index is 11.1. The SMILES string of the molecule is CC(C(=O)O)C1CCCCC1C(C)(C)C. The van der Waals surface area contributed by atoms with Crippen LogP contribution in [0, 0.1) is 23.2 Å². The highest BCUT2D eigenvalue weighted by molar-refractivity contribution is 5.69. The minimum absolute atomic E-state index is 0.186. The second-order valence-corrected chi connectivity index (χ2v) is 6.05. The molecule has 15 heavy (non-hydrogen) atoms. The van der Waals surface area contributed by atoms with E-state index in [1.807, 2.05) is 6.92 Å². The van der Waals surface area contributed by atoms with Gasteiger partial charge >= 0.3 is 5.97 Å². The summed E-state index contributed by atoms with van der Waals surface area (Å²) >= 11 is 0. The number of rotatable bonds is 2. The van der Waals surface area contributed by atoms with Gasteiger partial charge in [-0.3, -0.25) is 4.79 Å². The molecule has 0 aromatic carbocycles. The fraction of sp³-hybridized carbons (Fsp3) is 0.923. The molecule has 0 amide bonds. The normalized spacial score (nSPS) is 29.9. The number of hydrogen-bond acceptors (Lipinski definition) is 1. The van der Waals surface area contributed by atoms with Gasteiger partial charge in [0.25, 0.3) is 0 Å². The van der Waals surface area contributed by atoms with E-state index in [9.17, 15) is 4.79 Å². The summed E-state index contributed by atoms with van der Waals surface area (Å²) in [6.45, 7) is 8.59. The van der Waals surface area contributed by atoms with Crippen LogP contribution in [0.3, 0.4) is 0 Å². The molecule has 1 N–H and O–H groups in total. The number of carboxylic acid groups (broad SMARTS) is 1.